The van der Waals surface area contributed by atoms with Crippen LogP contribution in [0.25, 0.3) is 0 Å². The fraction of sp³-hybridized carbons (Fsp3) is 0.417. The molecule has 1 rings (SSSR count). The van der Waals surface area contributed by atoms with Gasteiger partial charge in [-0.3, -0.25) is 0 Å². The van der Waals surface area contributed by atoms with Crippen LogP contribution in [0.2, 0.25) is 0 Å². The molecule has 0 fully saturated rings. The Morgan fingerprint density at radius 2 is 2.06 bits per heavy atom. The molecule has 88 valence electrons. The van der Waals surface area contributed by atoms with Crippen molar-refractivity contribution in [2.45, 2.75) is 26.8 Å². The lowest BCUT2D eigenvalue weighted by molar-refractivity contribution is 0.229. The predicted molar refractivity (Wildman–Crippen MR) is 64.6 cm³/mol. The number of hydrogen-bond acceptors (Lipinski definition) is 2. The van der Waals surface area contributed by atoms with E-state index in [1.165, 1.54) is 5.56 Å². The van der Waals surface area contributed by atoms with Gasteiger partial charge in [0.2, 0.25) is 0 Å². The summed E-state index contributed by atoms with van der Waals surface area (Å²) in [5, 5.41) is 14.1. The highest BCUT2D eigenvalue weighted by Gasteiger charge is 2.06. The molecule has 0 spiro atoms. The minimum Gasteiger partial charge on any atom is -0.394 e. The topological polar surface area (TPSA) is 61.4 Å². The fourth-order valence-electron chi connectivity index (χ4n) is 1.26. The Morgan fingerprint density at radius 1 is 1.38 bits per heavy atom. The Labute approximate surface area is 95.7 Å². The molecule has 16 heavy (non-hydrogen) atoms. The van der Waals surface area contributed by atoms with E-state index in [9.17, 15) is 4.79 Å². The first-order valence-electron chi connectivity index (χ1n) is 5.28. The SMILES string of the molecule is Cc1ccc(NC(=O)NC(C)CO)cc1C. The lowest BCUT2D eigenvalue weighted by atomic mass is 10.1. The van der Waals surface area contributed by atoms with E-state index in [-0.39, 0.29) is 18.7 Å². The van der Waals surface area contributed by atoms with Crippen LogP contribution < -0.4 is 10.6 Å². The van der Waals surface area contributed by atoms with Crippen LogP contribution in [-0.2, 0) is 0 Å². The third kappa shape index (κ3) is 3.55. The summed E-state index contributed by atoms with van der Waals surface area (Å²) in [6, 6.07) is 5.18. The zero-order valence-corrected chi connectivity index (χ0v) is 9.87. The van der Waals surface area contributed by atoms with E-state index in [4.69, 9.17) is 5.11 Å². The first-order chi connectivity index (χ1) is 7.52. The molecule has 1 unspecified atom stereocenters. The van der Waals surface area contributed by atoms with Crippen LogP contribution in [0.1, 0.15) is 18.1 Å². The van der Waals surface area contributed by atoms with Gasteiger partial charge in [-0.15, -0.1) is 0 Å². The quantitative estimate of drug-likeness (QED) is 0.730. The minimum atomic E-state index is -0.301. The lowest BCUT2D eigenvalue weighted by Crippen LogP contribution is -2.38. The Bertz CT molecular complexity index is 377. The number of benzene rings is 1. The van der Waals surface area contributed by atoms with Gasteiger partial charge in [0, 0.05) is 5.69 Å². The number of aryl methyl sites for hydroxylation is 2. The molecule has 0 aliphatic rings. The van der Waals surface area contributed by atoms with E-state index in [0.29, 0.717) is 0 Å². The van der Waals surface area contributed by atoms with Crippen LogP contribution in [0, 0.1) is 13.8 Å². The van der Waals surface area contributed by atoms with Gasteiger partial charge in [-0.2, -0.15) is 0 Å². The molecule has 0 bridgehead atoms. The average Bonchev–Trinajstić information content (AvgIpc) is 2.23. The average molecular weight is 222 g/mol. The van der Waals surface area contributed by atoms with Crippen molar-refractivity contribution in [3.63, 3.8) is 0 Å². The monoisotopic (exact) mass is 222 g/mol. The lowest BCUT2D eigenvalue weighted by Gasteiger charge is -2.12. The van der Waals surface area contributed by atoms with E-state index >= 15 is 0 Å². The summed E-state index contributed by atoms with van der Waals surface area (Å²) in [4.78, 5) is 11.4. The minimum absolute atomic E-state index is 0.0691. The Kier molecular flexibility index (Phi) is 4.31. The second-order valence-electron chi connectivity index (χ2n) is 3.98. The molecular weight excluding hydrogens is 204 g/mol. The molecule has 0 saturated carbocycles. The fourth-order valence-corrected chi connectivity index (χ4v) is 1.26. The summed E-state index contributed by atoms with van der Waals surface area (Å²) in [5.74, 6) is 0. The number of urea groups is 1. The van der Waals surface area contributed by atoms with Gasteiger partial charge >= 0.3 is 6.03 Å². The van der Waals surface area contributed by atoms with Crippen LogP contribution in [0.15, 0.2) is 18.2 Å². The van der Waals surface area contributed by atoms with Crippen molar-refractivity contribution in [1.29, 1.82) is 0 Å². The highest BCUT2D eigenvalue weighted by atomic mass is 16.3. The van der Waals surface area contributed by atoms with Crippen molar-refractivity contribution in [3.8, 4) is 0 Å². The number of nitrogens with one attached hydrogen (secondary N) is 2. The van der Waals surface area contributed by atoms with Crippen LogP contribution in [-0.4, -0.2) is 23.8 Å². The number of carbonyl (C=O) groups excluding carboxylic acids is 1. The van der Waals surface area contributed by atoms with Crippen LogP contribution in [0.4, 0.5) is 10.5 Å². The van der Waals surface area contributed by atoms with Gasteiger partial charge in [0.25, 0.3) is 0 Å². The third-order valence-corrected chi connectivity index (χ3v) is 2.42. The van der Waals surface area contributed by atoms with Gasteiger partial charge < -0.3 is 15.7 Å². The molecule has 0 aliphatic carbocycles. The van der Waals surface area contributed by atoms with Crippen LogP contribution >= 0.6 is 0 Å². The molecular formula is C12H18N2O2. The van der Waals surface area contributed by atoms with Gasteiger partial charge in [-0.1, -0.05) is 6.07 Å². The summed E-state index contributed by atoms with van der Waals surface area (Å²) < 4.78 is 0. The van der Waals surface area contributed by atoms with E-state index in [2.05, 4.69) is 10.6 Å². The summed E-state index contributed by atoms with van der Waals surface area (Å²) in [6.45, 7) is 5.68. The van der Waals surface area contributed by atoms with Gasteiger partial charge in [0.1, 0.15) is 0 Å². The third-order valence-electron chi connectivity index (χ3n) is 2.42. The Balaban J connectivity index is 2.59. The molecule has 1 aromatic rings. The molecule has 4 nitrogen and oxygen atoms in total. The highest BCUT2D eigenvalue weighted by Crippen LogP contribution is 2.13. The molecule has 1 aromatic carbocycles. The second-order valence-corrected chi connectivity index (χ2v) is 3.98. The van der Waals surface area contributed by atoms with E-state index in [1.54, 1.807) is 6.92 Å². The first-order valence-corrected chi connectivity index (χ1v) is 5.28. The zero-order valence-electron chi connectivity index (χ0n) is 9.87. The van der Waals surface area contributed by atoms with E-state index < -0.39 is 0 Å². The van der Waals surface area contributed by atoms with Gasteiger partial charge in [-0.25, -0.2) is 4.79 Å². The molecule has 0 heterocycles. The maximum atomic E-state index is 11.4. The summed E-state index contributed by atoms with van der Waals surface area (Å²) in [5.41, 5.74) is 3.08. The molecule has 4 heteroatoms. The van der Waals surface area contributed by atoms with Crippen LogP contribution in [0.3, 0.4) is 0 Å². The molecule has 3 N–H and O–H groups in total. The molecule has 0 radical (unpaired) electrons. The molecule has 0 saturated heterocycles. The van der Waals surface area contributed by atoms with Crippen LogP contribution in [0.5, 0.6) is 0 Å². The zero-order chi connectivity index (χ0) is 12.1. The highest BCUT2D eigenvalue weighted by molar-refractivity contribution is 5.89. The van der Waals surface area contributed by atoms with Crippen molar-refractivity contribution < 1.29 is 9.90 Å². The number of anilines is 1. The van der Waals surface area contributed by atoms with Crippen molar-refractivity contribution in [1.82, 2.24) is 5.32 Å². The maximum Gasteiger partial charge on any atom is 0.319 e. The molecule has 0 aromatic heterocycles. The van der Waals surface area contributed by atoms with Crippen molar-refractivity contribution in [2.75, 3.05) is 11.9 Å². The summed E-state index contributed by atoms with van der Waals surface area (Å²) >= 11 is 0. The molecule has 2 amide bonds. The van der Waals surface area contributed by atoms with Gasteiger partial charge in [-0.05, 0) is 44.0 Å². The van der Waals surface area contributed by atoms with Crippen molar-refractivity contribution in [2.24, 2.45) is 0 Å². The predicted octanol–water partition coefficient (Wildman–Crippen LogP) is 1.81. The molecule has 0 aliphatic heterocycles. The Hall–Kier alpha value is -1.55. The Morgan fingerprint density at radius 3 is 2.62 bits per heavy atom. The van der Waals surface area contributed by atoms with E-state index in [1.807, 2.05) is 32.0 Å². The number of aliphatic hydroxyl groups is 1. The number of amides is 2. The van der Waals surface area contributed by atoms with Gasteiger partial charge in [0.15, 0.2) is 0 Å². The standard InChI is InChI=1S/C12H18N2O2/c1-8-4-5-11(6-9(8)2)14-12(16)13-10(3)7-15/h4-6,10,15H,7H2,1-3H3,(H2,13,14,16). The second kappa shape index (κ2) is 5.51. The largest absolute Gasteiger partial charge is 0.394 e. The number of rotatable bonds is 3. The summed E-state index contributed by atoms with van der Waals surface area (Å²) in [7, 11) is 0. The smallest absolute Gasteiger partial charge is 0.319 e. The molecule has 1 atom stereocenters. The van der Waals surface area contributed by atoms with Crippen molar-refractivity contribution >= 4 is 11.7 Å². The summed E-state index contributed by atoms with van der Waals surface area (Å²) in [6.07, 6.45) is 0. The number of carbonyl (C=O) groups is 1. The van der Waals surface area contributed by atoms with E-state index in [0.717, 1.165) is 11.3 Å². The number of hydrogen-bond donors (Lipinski definition) is 3. The van der Waals surface area contributed by atoms with Crippen molar-refractivity contribution in [3.05, 3.63) is 29.3 Å². The van der Waals surface area contributed by atoms with Gasteiger partial charge in [0.05, 0.1) is 12.6 Å². The normalized spacial score (nSPS) is 12.0. The number of aliphatic hydroxyl groups excluding tert-OH is 1. The first kappa shape index (κ1) is 12.5. The maximum absolute atomic E-state index is 11.4.